The van der Waals surface area contributed by atoms with Crippen molar-refractivity contribution in [3.63, 3.8) is 0 Å². The quantitative estimate of drug-likeness (QED) is 0.624. The Morgan fingerprint density at radius 1 is 1.30 bits per heavy atom. The number of hydrogen-bond acceptors (Lipinski definition) is 7. The highest BCUT2D eigenvalue weighted by Gasteiger charge is 2.43. The molecule has 0 radical (unpaired) electrons. The van der Waals surface area contributed by atoms with E-state index in [-0.39, 0.29) is 34.5 Å². The van der Waals surface area contributed by atoms with Crippen LogP contribution in [0.15, 0.2) is 24.5 Å². The third-order valence-corrected chi connectivity index (χ3v) is 6.92. The van der Waals surface area contributed by atoms with E-state index in [4.69, 9.17) is 9.47 Å². The van der Waals surface area contributed by atoms with Crippen LogP contribution in [0.1, 0.15) is 44.7 Å². The Kier molecular flexibility index (Phi) is 7.38. The average Bonchev–Trinajstić information content (AvgIpc) is 2.76. The van der Waals surface area contributed by atoms with Gasteiger partial charge >= 0.3 is 0 Å². The van der Waals surface area contributed by atoms with Crippen molar-refractivity contribution in [3.8, 4) is 5.88 Å². The molecule has 0 spiro atoms. The number of fused-ring (bicyclic) bond motifs is 2. The highest BCUT2D eigenvalue weighted by atomic mass is 32.2. The van der Waals surface area contributed by atoms with Crippen molar-refractivity contribution in [2.24, 2.45) is 0 Å². The molecule has 2 unspecified atom stereocenters. The third-order valence-electron chi connectivity index (χ3n) is 6.04. The summed E-state index contributed by atoms with van der Waals surface area (Å²) in [4.78, 5) is 23.4. The number of aryl methyl sites for hydroxylation is 1. The molecule has 2 saturated heterocycles. The average molecular weight is 475 g/mol. The van der Waals surface area contributed by atoms with Gasteiger partial charge in [-0.25, -0.2) is 14.4 Å². The fourth-order valence-electron chi connectivity index (χ4n) is 4.37. The standard InChI is InChI=1S/C24H31FN4O3S/c1-5-16-6-7-21(20(25)8-16)28-22-15(4)23(27-13-26-22)32-19-9-17-11-31-12-18(10-19)29(17)24(30)33-14(2)3/h6-8,13-14,17-19H,5,9-12H2,1-4H3,(H,26,27,28). The summed E-state index contributed by atoms with van der Waals surface area (Å²) in [6.07, 6.45) is 3.47. The summed E-state index contributed by atoms with van der Waals surface area (Å²) >= 11 is 1.36. The zero-order chi connectivity index (χ0) is 23.5. The molecule has 2 bridgehead atoms. The van der Waals surface area contributed by atoms with Gasteiger partial charge in [0.2, 0.25) is 5.88 Å². The van der Waals surface area contributed by atoms with Gasteiger partial charge in [0.05, 0.1) is 36.5 Å². The second kappa shape index (κ2) is 10.3. The number of nitrogens with zero attached hydrogens (tertiary/aromatic N) is 3. The highest BCUT2D eigenvalue weighted by molar-refractivity contribution is 8.14. The van der Waals surface area contributed by atoms with Gasteiger partial charge in [0.25, 0.3) is 5.24 Å². The summed E-state index contributed by atoms with van der Waals surface area (Å²) in [6, 6.07) is 5.13. The van der Waals surface area contributed by atoms with Crippen molar-refractivity contribution >= 4 is 28.5 Å². The Morgan fingerprint density at radius 3 is 2.67 bits per heavy atom. The van der Waals surface area contributed by atoms with Crippen LogP contribution in [0.4, 0.5) is 20.7 Å². The summed E-state index contributed by atoms with van der Waals surface area (Å²) in [5, 5.41) is 3.42. The van der Waals surface area contributed by atoms with E-state index >= 15 is 0 Å². The first-order valence-corrected chi connectivity index (χ1v) is 12.3. The van der Waals surface area contributed by atoms with E-state index < -0.39 is 0 Å². The number of rotatable bonds is 6. The number of morpholine rings is 1. The Balaban J connectivity index is 1.46. The number of carbonyl (C=O) groups excluding carboxylic acids is 1. The molecule has 0 saturated carbocycles. The maximum atomic E-state index is 14.5. The van der Waals surface area contributed by atoms with Crippen LogP contribution in [0, 0.1) is 12.7 Å². The van der Waals surface area contributed by atoms with Gasteiger partial charge < -0.3 is 19.7 Å². The van der Waals surface area contributed by atoms with Gasteiger partial charge in [0, 0.05) is 18.1 Å². The van der Waals surface area contributed by atoms with E-state index in [1.165, 1.54) is 24.2 Å². The monoisotopic (exact) mass is 474 g/mol. The van der Waals surface area contributed by atoms with Crippen molar-refractivity contribution in [1.82, 2.24) is 14.9 Å². The van der Waals surface area contributed by atoms with Gasteiger partial charge in [0.15, 0.2) is 0 Å². The zero-order valence-electron chi connectivity index (χ0n) is 19.5. The summed E-state index contributed by atoms with van der Waals surface area (Å²) in [5.41, 5.74) is 2.01. The molecule has 7 nitrogen and oxygen atoms in total. The SMILES string of the molecule is CCc1ccc(Nc2ncnc(OC3CC4COCC(C3)N4C(=O)SC(C)C)c2C)c(F)c1. The maximum Gasteiger partial charge on any atom is 0.282 e. The van der Waals surface area contributed by atoms with Crippen molar-refractivity contribution in [1.29, 1.82) is 0 Å². The molecule has 3 heterocycles. The second-order valence-corrected chi connectivity index (χ2v) is 10.4. The molecule has 2 aliphatic heterocycles. The van der Waals surface area contributed by atoms with Gasteiger partial charge in [-0.05, 0) is 31.0 Å². The lowest BCUT2D eigenvalue weighted by Gasteiger charge is -2.48. The van der Waals surface area contributed by atoms with Crippen molar-refractivity contribution in [2.45, 2.75) is 70.4 Å². The van der Waals surface area contributed by atoms with Gasteiger partial charge in [-0.1, -0.05) is 38.6 Å². The predicted octanol–water partition coefficient (Wildman–Crippen LogP) is 5.10. The van der Waals surface area contributed by atoms with Crippen molar-refractivity contribution in [3.05, 3.63) is 41.5 Å². The van der Waals surface area contributed by atoms with Gasteiger partial charge in [-0.2, -0.15) is 0 Å². The zero-order valence-corrected chi connectivity index (χ0v) is 20.3. The number of amides is 1. The van der Waals surface area contributed by atoms with Crippen LogP contribution in [0.3, 0.4) is 0 Å². The third kappa shape index (κ3) is 5.41. The minimum Gasteiger partial charge on any atom is -0.474 e. The Morgan fingerprint density at radius 2 is 2.03 bits per heavy atom. The highest BCUT2D eigenvalue weighted by Crippen LogP contribution is 2.34. The summed E-state index contributed by atoms with van der Waals surface area (Å²) < 4.78 is 26.5. The summed E-state index contributed by atoms with van der Waals surface area (Å²) in [5.74, 6) is 0.657. The van der Waals surface area contributed by atoms with Gasteiger partial charge in [-0.3, -0.25) is 4.79 Å². The molecule has 2 aromatic rings. The topological polar surface area (TPSA) is 76.6 Å². The number of aromatic nitrogens is 2. The number of thioether (sulfide) groups is 1. The molecular formula is C24H31FN4O3S. The lowest BCUT2D eigenvalue weighted by atomic mass is 9.92. The van der Waals surface area contributed by atoms with E-state index in [0.29, 0.717) is 49.0 Å². The van der Waals surface area contributed by atoms with Crippen LogP contribution in [0.2, 0.25) is 0 Å². The van der Waals surface area contributed by atoms with Gasteiger partial charge in [-0.15, -0.1) is 0 Å². The molecule has 178 valence electrons. The van der Waals surface area contributed by atoms with Crippen molar-refractivity contribution < 1.29 is 18.7 Å². The number of ether oxygens (including phenoxy) is 2. The predicted molar refractivity (Wildman–Crippen MR) is 128 cm³/mol. The Bertz CT molecular complexity index is 992. The fraction of sp³-hybridized carbons (Fsp3) is 0.542. The minimum atomic E-state index is -0.320. The first kappa shape index (κ1) is 23.8. The van der Waals surface area contributed by atoms with Crippen molar-refractivity contribution in [2.75, 3.05) is 18.5 Å². The molecule has 1 N–H and O–H groups in total. The summed E-state index contributed by atoms with van der Waals surface area (Å²) in [6.45, 7) is 8.94. The number of nitrogens with one attached hydrogen (secondary N) is 1. The van der Waals surface area contributed by atoms with Crippen LogP contribution in [-0.2, 0) is 11.2 Å². The van der Waals surface area contributed by atoms with E-state index in [9.17, 15) is 9.18 Å². The first-order valence-electron chi connectivity index (χ1n) is 11.5. The maximum absolute atomic E-state index is 14.5. The minimum absolute atomic E-state index is 0.00725. The molecule has 1 amide bonds. The molecule has 2 aliphatic rings. The first-order chi connectivity index (χ1) is 15.9. The molecule has 0 aliphatic carbocycles. The lowest BCUT2D eigenvalue weighted by molar-refractivity contribution is -0.0738. The molecule has 4 rings (SSSR count). The van der Waals surface area contributed by atoms with E-state index in [2.05, 4.69) is 15.3 Å². The fourth-order valence-corrected chi connectivity index (χ4v) is 5.19. The molecule has 1 aromatic heterocycles. The number of benzene rings is 1. The largest absolute Gasteiger partial charge is 0.474 e. The number of halogens is 1. The molecule has 2 atom stereocenters. The second-order valence-electron chi connectivity index (χ2n) is 8.84. The molecule has 2 fully saturated rings. The molecule has 1 aromatic carbocycles. The summed E-state index contributed by atoms with van der Waals surface area (Å²) in [7, 11) is 0. The van der Waals surface area contributed by atoms with E-state index in [0.717, 1.165) is 12.0 Å². The number of carbonyl (C=O) groups is 1. The molecule has 9 heteroatoms. The van der Waals surface area contributed by atoms with Crippen LogP contribution in [0.5, 0.6) is 5.88 Å². The van der Waals surface area contributed by atoms with Crippen LogP contribution in [0.25, 0.3) is 0 Å². The van der Waals surface area contributed by atoms with Crippen LogP contribution < -0.4 is 10.1 Å². The number of piperidine rings is 1. The Hall–Kier alpha value is -2.39. The van der Waals surface area contributed by atoms with Crippen LogP contribution in [-0.4, -0.2) is 56.8 Å². The number of anilines is 2. The molecular weight excluding hydrogens is 443 g/mol. The normalized spacial score (nSPS) is 22.4. The van der Waals surface area contributed by atoms with Gasteiger partial charge in [0.1, 0.15) is 24.1 Å². The smallest absolute Gasteiger partial charge is 0.282 e. The van der Waals surface area contributed by atoms with E-state index in [1.807, 2.05) is 38.7 Å². The Labute approximate surface area is 198 Å². The number of hydrogen-bond donors (Lipinski definition) is 1. The van der Waals surface area contributed by atoms with E-state index in [1.54, 1.807) is 6.07 Å². The van der Waals surface area contributed by atoms with Crippen LogP contribution >= 0.6 is 11.8 Å². The lowest BCUT2D eigenvalue weighted by Crippen LogP contribution is -2.60. The molecule has 33 heavy (non-hydrogen) atoms.